The van der Waals surface area contributed by atoms with E-state index in [0.29, 0.717) is 12.0 Å². The third-order valence-electron chi connectivity index (χ3n) is 4.27. The summed E-state index contributed by atoms with van der Waals surface area (Å²) in [5.74, 6) is 1.46. The van der Waals surface area contributed by atoms with E-state index < -0.39 is 0 Å². The number of hydrogen-bond donors (Lipinski definition) is 2. The number of likely N-dealkylation sites (N-methyl/N-ethyl adjacent to an activating group) is 1. The molecule has 2 rings (SSSR count). The largest absolute Gasteiger partial charge is 0.496 e. The molecule has 1 aliphatic heterocycles. The van der Waals surface area contributed by atoms with Crippen molar-refractivity contribution in [2.75, 3.05) is 33.3 Å². The number of likely N-dealkylation sites (tertiary alicyclic amines) is 1. The van der Waals surface area contributed by atoms with Crippen LogP contribution in [0.4, 0.5) is 0 Å². The summed E-state index contributed by atoms with van der Waals surface area (Å²) < 4.78 is 5.35. The van der Waals surface area contributed by atoms with E-state index in [1.165, 1.54) is 24.9 Å². The van der Waals surface area contributed by atoms with Crippen molar-refractivity contribution in [1.82, 2.24) is 10.2 Å². The van der Waals surface area contributed by atoms with E-state index in [9.17, 15) is 0 Å². The summed E-state index contributed by atoms with van der Waals surface area (Å²) in [6.45, 7) is 6.05. The maximum atomic E-state index is 5.96. The fourth-order valence-electron chi connectivity index (χ4n) is 3.01. The number of guanidine groups is 1. The lowest BCUT2D eigenvalue weighted by Crippen LogP contribution is -2.36. The lowest BCUT2D eigenvalue weighted by molar-refractivity contribution is 0.273. The number of para-hydroxylation sites is 1. The lowest BCUT2D eigenvalue weighted by atomic mass is 10.1. The molecule has 0 amide bonds. The molecule has 3 N–H and O–H groups in total. The van der Waals surface area contributed by atoms with Gasteiger partial charge in [-0.25, -0.2) is 0 Å². The zero-order valence-electron chi connectivity index (χ0n) is 13.7. The van der Waals surface area contributed by atoms with Crippen molar-refractivity contribution in [1.29, 1.82) is 0 Å². The van der Waals surface area contributed by atoms with Crippen LogP contribution in [0.3, 0.4) is 0 Å². The first kappa shape index (κ1) is 16.6. The standard InChI is InChI=1S/C17H28N4O/c1-3-21-12-6-8-15(21)13-20-17(18)19-11-10-14-7-4-5-9-16(14)22-2/h4-5,7,9,15H,3,6,8,10-13H2,1-2H3,(H3,18,19,20). The molecule has 122 valence electrons. The van der Waals surface area contributed by atoms with E-state index in [0.717, 1.165) is 31.8 Å². The van der Waals surface area contributed by atoms with Crippen LogP contribution in [-0.4, -0.2) is 50.2 Å². The summed E-state index contributed by atoms with van der Waals surface area (Å²) in [5.41, 5.74) is 7.14. The third-order valence-corrected chi connectivity index (χ3v) is 4.27. The van der Waals surface area contributed by atoms with E-state index in [-0.39, 0.29) is 0 Å². The van der Waals surface area contributed by atoms with Gasteiger partial charge in [0, 0.05) is 12.6 Å². The van der Waals surface area contributed by atoms with E-state index in [4.69, 9.17) is 10.5 Å². The van der Waals surface area contributed by atoms with Crippen LogP contribution in [0, 0.1) is 0 Å². The summed E-state index contributed by atoms with van der Waals surface area (Å²) in [6, 6.07) is 8.61. The van der Waals surface area contributed by atoms with Gasteiger partial charge in [0.05, 0.1) is 13.7 Å². The van der Waals surface area contributed by atoms with E-state index in [1.54, 1.807) is 7.11 Å². The Morgan fingerprint density at radius 1 is 1.45 bits per heavy atom. The SMILES string of the molecule is CCN1CCCC1CN=C(N)NCCc1ccccc1OC. The fraction of sp³-hybridized carbons (Fsp3) is 0.588. The number of nitrogens with one attached hydrogen (secondary N) is 1. The third kappa shape index (κ3) is 4.63. The Balaban J connectivity index is 1.75. The number of hydrogen-bond acceptors (Lipinski definition) is 3. The molecule has 0 spiro atoms. The van der Waals surface area contributed by atoms with Crippen molar-refractivity contribution in [3.8, 4) is 5.75 Å². The summed E-state index contributed by atoms with van der Waals surface area (Å²) in [7, 11) is 1.70. The molecule has 1 fully saturated rings. The van der Waals surface area contributed by atoms with Gasteiger partial charge in [0.25, 0.3) is 0 Å². The Morgan fingerprint density at radius 3 is 3.05 bits per heavy atom. The number of benzene rings is 1. The Morgan fingerprint density at radius 2 is 2.27 bits per heavy atom. The fourth-order valence-corrected chi connectivity index (χ4v) is 3.01. The van der Waals surface area contributed by atoms with Crippen molar-refractivity contribution in [2.24, 2.45) is 10.7 Å². The van der Waals surface area contributed by atoms with Crippen LogP contribution in [-0.2, 0) is 6.42 Å². The summed E-state index contributed by atoms with van der Waals surface area (Å²) in [4.78, 5) is 6.97. The highest BCUT2D eigenvalue weighted by Gasteiger charge is 2.22. The number of aliphatic imine (C=N–C) groups is 1. The predicted molar refractivity (Wildman–Crippen MR) is 91.5 cm³/mol. The molecule has 1 aromatic carbocycles. The molecule has 1 aromatic rings. The zero-order chi connectivity index (χ0) is 15.8. The molecular formula is C17H28N4O. The van der Waals surface area contributed by atoms with Crippen molar-refractivity contribution in [3.63, 3.8) is 0 Å². The summed E-state index contributed by atoms with van der Waals surface area (Å²) in [6.07, 6.45) is 3.37. The van der Waals surface area contributed by atoms with Gasteiger partial charge in [-0.3, -0.25) is 9.89 Å². The van der Waals surface area contributed by atoms with Crippen molar-refractivity contribution in [2.45, 2.75) is 32.2 Å². The number of ether oxygens (including phenoxy) is 1. The van der Waals surface area contributed by atoms with Crippen molar-refractivity contribution in [3.05, 3.63) is 29.8 Å². The smallest absolute Gasteiger partial charge is 0.188 e. The Kier molecular flexibility index (Phi) is 6.52. The van der Waals surface area contributed by atoms with Gasteiger partial charge in [0.2, 0.25) is 0 Å². The molecule has 0 aromatic heterocycles. The summed E-state index contributed by atoms with van der Waals surface area (Å²) in [5, 5.41) is 3.19. The molecule has 1 heterocycles. The second kappa shape index (κ2) is 8.63. The van der Waals surface area contributed by atoms with Crippen molar-refractivity contribution >= 4 is 5.96 Å². The molecule has 0 saturated carbocycles. The molecule has 1 saturated heterocycles. The Bertz CT molecular complexity index is 489. The molecule has 1 aliphatic rings. The van der Waals surface area contributed by atoms with Crippen molar-refractivity contribution < 1.29 is 4.74 Å². The molecule has 0 radical (unpaired) electrons. The van der Waals surface area contributed by atoms with Crippen LogP contribution >= 0.6 is 0 Å². The maximum Gasteiger partial charge on any atom is 0.188 e. The van der Waals surface area contributed by atoms with Crippen LogP contribution in [0.1, 0.15) is 25.3 Å². The molecule has 1 unspecified atom stereocenters. The number of nitrogens with zero attached hydrogens (tertiary/aromatic N) is 2. The zero-order valence-corrected chi connectivity index (χ0v) is 13.7. The van der Waals surface area contributed by atoms with Gasteiger partial charge in [-0.05, 0) is 44.0 Å². The molecule has 22 heavy (non-hydrogen) atoms. The predicted octanol–water partition coefficient (Wildman–Crippen LogP) is 1.63. The van der Waals surface area contributed by atoms with Crippen LogP contribution in [0.5, 0.6) is 5.75 Å². The molecule has 0 bridgehead atoms. The first-order valence-electron chi connectivity index (χ1n) is 8.14. The Hall–Kier alpha value is -1.75. The van der Waals surface area contributed by atoms with Crippen LogP contribution < -0.4 is 15.8 Å². The van der Waals surface area contributed by atoms with E-state index in [2.05, 4.69) is 28.2 Å². The normalized spacial score (nSPS) is 19.4. The minimum Gasteiger partial charge on any atom is -0.496 e. The van der Waals surface area contributed by atoms with Gasteiger partial charge < -0.3 is 15.8 Å². The lowest BCUT2D eigenvalue weighted by Gasteiger charge is -2.21. The molecular weight excluding hydrogens is 276 g/mol. The minimum absolute atomic E-state index is 0.540. The van der Waals surface area contributed by atoms with Gasteiger partial charge in [0.1, 0.15) is 5.75 Å². The summed E-state index contributed by atoms with van der Waals surface area (Å²) >= 11 is 0. The number of methoxy groups -OCH3 is 1. The quantitative estimate of drug-likeness (QED) is 0.594. The molecule has 1 atom stereocenters. The van der Waals surface area contributed by atoms with Crippen LogP contribution in [0.25, 0.3) is 0 Å². The topological polar surface area (TPSA) is 62.9 Å². The monoisotopic (exact) mass is 304 g/mol. The molecule has 0 aliphatic carbocycles. The minimum atomic E-state index is 0.540. The molecule has 5 nitrogen and oxygen atoms in total. The van der Waals surface area contributed by atoms with E-state index in [1.807, 2.05) is 18.2 Å². The number of nitrogens with two attached hydrogens (primary N) is 1. The molecule has 5 heteroatoms. The average Bonchev–Trinajstić information content (AvgIpc) is 3.01. The van der Waals surface area contributed by atoms with Gasteiger partial charge in [-0.15, -0.1) is 0 Å². The second-order valence-electron chi connectivity index (χ2n) is 5.64. The first-order valence-corrected chi connectivity index (χ1v) is 8.14. The first-order chi connectivity index (χ1) is 10.7. The second-order valence-corrected chi connectivity index (χ2v) is 5.64. The van der Waals surface area contributed by atoms with E-state index >= 15 is 0 Å². The van der Waals surface area contributed by atoms with Gasteiger partial charge in [-0.2, -0.15) is 0 Å². The highest BCUT2D eigenvalue weighted by atomic mass is 16.5. The average molecular weight is 304 g/mol. The van der Waals surface area contributed by atoms with Gasteiger partial charge >= 0.3 is 0 Å². The van der Waals surface area contributed by atoms with Gasteiger partial charge in [0.15, 0.2) is 5.96 Å². The maximum absolute atomic E-state index is 5.96. The number of rotatable bonds is 7. The Labute approximate surface area is 133 Å². The van der Waals surface area contributed by atoms with Crippen LogP contribution in [0.15, 0.2) is 29.3 Å². The highest BCUT2D eigenvalue weighted by Crippen LogP contribution is 2.17. The highest BCUT2D eigenvalue weighted by molar-refractivity contribution is 5.77. The van der Waals surface area contributed by atoms with Crippen LogP contribution in [0.2, 0.25) is 0 Å². The van der Waals surface area contributed by atoms with Gasteiger partial charge in [-0.1, -0.05) is 25.1 Å².